The van der Waals surface area contributed by atoms with Crippen LogP contribution in [0.2, 0.25) is 0 Å². The number of allylic oxidation sites excluding steroid dienone is 3. The minimum absolute atomic E-state index is 0.0155. The molecule has 128 valence electrons. The smallest absolute Gasteiger partial charge is 0.313 e. The van der Waals surface area contributed by atoms with E-state index in [0.717, 1.165) is 35.9 Å². The molecule has 26 heavy (non-hydrogen) atoms. The van der Waals surface area contributed by atoms with Gasteiger partial charge in [-0.2, -0.15) is 0 Å². The van der Waals surface area contributed by atoms with E-state index < -0.39 is 5.91 Å². The Morgan fingerprint density at radius 1 is 1.23 bits per heavy atom. The van der Waals surface area contributed by atoms with Gasteiger partial charge in [-0.3, -0.25) is 9.59 Å². The molecular weight excluding hydrogens is 328 g/mol. The SMILES string of the molecule is O=C1NC2=CC(=NC(=O)c3cc4ccccc4o3)C=CC2C2=C1CCC2. The minimum Gasteiger partial charge on any atom is -0.451 e. The van der Waals surface area contributed by atoms with Gasteiger partial charge in [0.2, 0.25) is 0 Å². The van der Waals surface area contributed by atoms with Crippen molar-refractivity contribution >= 4 is 28.5 Å². The third-order valence-electron chi connectivity index (χ3n) is 5.13. The summed E-state index contributed by atoms with van der Waals surface area (Å²) in [4.78, 5) is 28.8. The van der Waals surface area contributed by atoms with Gasteiger partial charge >= 0.3 is 5.91 Å². The van der Waals surface area contributed by atoms with Gasteiger partial charge < -0.3 is 9.73 Å². The highest BCUT2D eigenvalue weighted by Gasteiger charge is 2.34. The number of nitrogens with one attached hydrogen (secondary N) is 1. The summed E-state index contributed by atoms with van der Waals surface area (Å²) in [7, 11) is 0. The fourth-order valence-electron chi connectivity index (χ4n) is 3.92. The van der Waals surface area contributed by atoms with E-state index in [1.807, 2.05) is 36.4 Å². The number of hydrogen-bond acceptors (Lipinski definition) is 3. The van der Waals surface area contributed by atoms with E-state index in [0.29, 0.717) is 11.3 Å². The molecule has 0 radical (unpaired) electrons. The lowest BCUT2D eigenvalue weighted by atomic mass is 9.85. The number of para-hydroxylation sites is 1. The first-order valence-electron chi connectivity index (χ1n) is 8.74. The molecule has 2 amide bonds. The first-order chi connectivity index (χ1) is 12.7. The van der Waals surface area contributed by atoms with Gasteiger partial charge in [0, 0.05) is 22.6 Å². The lowest BCUT2D eigenvalue weighted by Gasteiger charge is -2.28. The van der Waals surface area contributed by atoms with E-state index in [9.17, 15) is 9.59 Å². The second kappa shape index (κ2) is 5.66. The van der Waals surface area contributed by atoms with Gasteiger partial charge in [0.05, 0.1) is 5.71 Å². The van der Waals surface area contributed by atoms with Crippen molar-refractivity contribution in [2.75, 3.05) is 0 Å². The van der Waals surface area contributed by atoms with Crippen LogP contribution in [0, 0.1) is 5.92 Å². The van der Waals surface area contributed by atoms with Crippen LogP contribution >= 0.6 is 0 Å². The summed E-state index contributed by atoms with van der Waals surface area (Å²) in [6.45, 7) is 0. The number of fused-ring (bicyclic) bond motifs is 3. The zero-order valence-corrected chi connectivity index (χ0v) is 14.0. The van der Waals surface area contributed by atoms with E-state index in [4.69, 9.17) is 4.42 Å². The van der Waals surface area contributed by atoms with E-state index >= 15 is 0 Å². The van der Waals surface area contributed by atoms with E-state index in [2.05, 4.69) is 10.3 Å². The van der Waals surface area contributed by atoms with Crippen LogP contribution < -0.4 is 5.32 Å². The summed E-state index contributed by atoms with van der Waals surface area (Å²) in [5.74, 6) is -0.135. The highest BCUT2D eigenvalue weighted by atomic mass is 16.3. The molecule has 1 aromatic heterocycles. The zero-order chi connectivity index (χ0) is 17.7. The molecular formula is C21H16N2O3. The summed E-state index contributed by atoms with van der Waals surface area (Å²) in [5, 5.41) is 3.82. The topological polar surface area (TPSA) is 71.7 Å². The average molecular weight is 344 g/mol. The van der Waals surface area contributed by atoms with Crippen molar-refractivity contribution in [1.29, 1.82) is 0 Å². The maximum atomic E-state index is 12.4. The molecule has 1 atom stereocenters. The van der Waals surface area contributed by atoms with Crippen LogP contribution in [0.25, 0.3) is 11.0 Å². The summed E-state index contributed by atoms with van der Waals surface area (Å²) >= 11 is 0. The van der Waals surface area contributed by atoms with Gasteiger partial charge in [0.25, 0.3) is 5.91 Å². The molecule has 2 heterocycles. The Kier molecular flexibility index (Phi) is 3.28. The number of amides is 2. The van der Waals surface area contributed by atoms with Crippen LogP contribution in [0.5, 0.6) is 0 Å². The molecule has 0 saturated carbocycles. The highest BCUT2D eigenvalue weighted by molar-refractivity contribution is 6.14. The first kappa shape index (κ1) is 15.1. The van der Waals surface area contributed by atoms with Crippen LogP contribution in [0.3, 0.4) is 0 Å². The Morgan fingerprint density at radius 3 is 3.00 bits per heavy atom. The van der Waals surface area contributed by atoms with Gasteiger partial charge in [0.15, 0.2) is 5.76 Å². The Labute approximate surface area is 149 Å². The number of carbonyl (C=O) groups excluding carboxylic acids is 2. The molecule has 5 rings (SSSR count). The molecule has 0 bridgehead atoms. The molecule has 3 aliphatic rings. The maximum absolute atomic E-state index is 12.4. The average Bonchev–Trinajstić information content (AvgIpc) is 3.29. The molecule has 1 aromatic carbocycles. The Hall–Kier alpha value is -3.21. The van der Waals surface area contributed by atoms with Crippen molar-refractivity contribution in [2.45, 2.75) is 19.3 Å². The van der Waals surface area contributed by atoms with Crippen molar-refractivity contribution in [3.05, 3.63) is 71.2 Å². The summed E-state index contributed by atoms with van der Waals surface area (Å²) in [5.41, 5.74) is 4.11. The molecule has 5 nitrogen and oxygen atoms in total. The van der Waals surface area contributed by atoms with Crippen LogP contribution in [0.4, 0.5) is 0 Å². The van der Waals surface area contributed by atoms with E-state index in [1.54, 1.807) is 12.1 Å². The summed E-state index contributed by atoms with van der Waals surface area (Å²) in [6.07, 6.45) is 8.48. The third kappa shape index (κ3) is 2.36. The molecule has 1 N–H and O–H groups in total. The summed E-state index contributed by atoms with van der Waals surface area (Å²) < 4.78 is 5.57. The summed E-state index contributed by atoms with van der Waals surface area (Å²) in [6, 6.07) is 9.15. The fraction of sp³-hybridized carbons (Fsp3) is 0.190. The van der Waals surface area contributed by atoms with Crippen molar-refractivity contribution in [1.82, 2.24) is 5.32 Å². The van der Waals surface area contributed by atoms with Crippen molar-refractivity contribution in [3.63, 3.8) is 0 Å². The Morgan fingerprint density at radius 2 is 2.12 bits per heavy atom. The number of carbonyl (C=O) groups is 2. The van der Waals surface area contributed by atoms with Crippen LogP contribution in [0.1, 0.15) is 29.8 Å². The number of benzene rings is 1. The largest absolute Gasteiger partial charge is 0.451 e. The van der Waals surface area contributed by atoms with Crippen LogP contribution in [-0.4, -0.2) is 17.5 Å². The fourth-order valence-corrected chi connectivity index (χ4v) is 3.92. The number of furan rings is 1. The van der Waals surface area contributed by atoms with Crippen molar-refractivity contribution < 1.29 is 14.0 Å². The number of nitrogens with zero attached hydrogens (tertiary/aromatic N) is 1. The predicted octanol–water partition coefficient (Wildman–Crippen LogP) is 3.69. The quantitative estimate of drug-likeness (QED) is 0.857. The van der Waals surface area contributed by atoms with E-state index in [1.165, 1.54) is 5.57 Å². The molecule has 5 heteroatoms. The van der Waals surface area contributed by atoms with Gasteiger partial charge in [-0.1, -0.05) is 24.3 Å². The second-order valence-corrected chi connectivity index (χ2v) is 6.74. The number of rotatable bonds is 1. The van der Waals surface area contributed by atoms with Gasteiger partial charge in [-0.15, -0.1) is 0 Å². The standard InChI is InChI=1S/C21H16N2O3/c24-20-16-6-3-5-14(16)15-9-8-13(11-17(15)23-20)22-21(25)19-10-12-4-1-2-7-18(12)26-19/h1-2,4,7-11,15H,3,5-6H2,(H,23,24). The third-order valence-corrected chi connectivity index (χ3v) is 5.13. The second-order valence-electron chi connectivity index (χ2n) is 6.74. The first-order valence-corrected chi connectivity index (χ1v) is 8.74. The van der Waals surface area contributed by atoms with Crippen molar-refractivity contribution in [2.24, 2.45) is 10.9 Å². The highest BCUT2D eigenvalue weighted by Crippen LogP contribution is 2.39. The van der Waals surface area contributed by atoms with Gasteiger partial charge in [0.1, 0.15) is 5.58 Å². The lowest BCUT2D eigenvalue weighted by Crippen LogP contribution is -2.35. The zero-order valence-electron chi connectivity index (χ0n) is 14.0. The van der Waals surface area contributed by atoms with E-state index in [-0.39, 0.29) is 17.6 Å². The molecule has 0 fully saturated rings. The van der Waals surface area contributed by atoms with Gasteiger partial charge in [-0.25, -0.2) is 4.99 Å². The maximum Gasteiger partial charge on any atom is 0.313 e. The van der Waals surface area contributed by atoms with Crippen molar-refractivity contribution in [3.8, 4) is 0 Å². The minimum atomic E-state index is -0.431. The number of hydrogen-bond donors (Lipinski definition) is 1. The molecule has 2 aromatic rings. The van der Waals surface area contributed by atoms with Crippen LogP contribution in [0.15, 0.2) is 74.8 Å². The number of aliphatic imine (C=N–C) groups is 1. The molecule has 1 unspecified atom stereocenters. The normalized spacial score (nSPS) is 23.1. The molecule has 0 spiro atoms. The lowest BCUT2D eigenvalue weighted by molar-refractivity contribution is -0.117. The Balaban J connectivity index is 1.45. The van der Waals surface area contributed by atoms with Gasteiger partial charge in [-0.05, 0) is 49.1 Å². The Bertz CT molecular complexity index is 1050. The van der Waals surface area contributed by atoms with Crippen LogP contribution in [-0.2, 0) is 4.79 Å². The monoisotopic (exact) mass is 344 g/mol. The molecule has 0 saturated heterocycles. The molecule has 1 aliphatic heterocycles. The predicted molar refractivity (Wildman–Crippen MR) is 97.7 cm³/mol. The molecule has 2 aliphatic carbocycles.